The molecule has 0 aliphatic carbocycles. The molecule has 6 nitrogen and oxygen atoms in total. The third kappa shape index (κ3) is 4.61. The molecule has 6 heteroatoms. The van der Waals surface area contributed by atoms with Crippen LogP contribution < -0.4 is 15.4 Å². The Morgan fingerprint density at radius 1 is 0.909 bits per heavy atom. The highest BCUT2D eigenvalue weighted by atomic mass is 16.5. The molecule has 2 aliphatic heterocycles. The quantitative estimate of drug-likeness (QED) is 0.636. The van der Waals surface area contributed by atoms with Gasteiger partial charge < -0.3 is 15.4 Å². The maximum Gasteiger partial charge on any atom is 0.258 e. The average molecular weight is 442 g/mol. The van der Waals surface area contributed by atoms with Crippen LogP contribution in [0.25, 0.3) is 0 Å². The number of hydrogen-bond acceptors (Lipinski definition) is 4. The fourth-order valence-corrected chi connectivity index (χ4v) is 4.61. The van der Waals surface area contributed by atoms with E-state index in [0.29, 0.717) is 43.8 Å². The Labute approximate surface area is 193 Å². The van der Waals surface area contributed by atoms with Crippen molar-refractivity contribution in [3.63, 3.8) is 0 Å². The first-order valence-corrected chi connectivity index (χ1v) is 11.3. The van der Waals surface area contributed by atoms with Gasteiger partial charge in [0.25, 0.3) is 5.91 Å². The van der Waals surface area contributed by atoms with Crippen molar-refractivity contribution in [1.29, 1.82) is 0 Å². The van der Waals surface area contributed by atoms with Crippen LogP contribution in [0.3, 0.4) is 0 Å². The number of para-hydroxylation sites is 1. The van der Waals surface area contributed by atoms with E-state index < -0.39 is 5.72 Å². The fourth-order valence-electron chi connectivity index (χ4n) is 4.61. The number of fused-ring (bicyclic) bond motifs is 1. The molecule has 2 amide bonds. The SMILES string of the molecule is O=C(CN1CCC2(CC1)NC(=O)c1ccccc1O2)NC(c1ccccc1)c1ccccc1. The predicted molar refractivity (Wildman–Crippen MR) is 126 cm³/mol. The van der Waals surface area contributed by atoms with E-state index in [9.17, 15) is 9.59 Å². The summed E-state index contributed by atoms with van der Waals surface area (Å²) in [5, 5.41) is 6.26. The lowest BCUT2D eigenvalue weighted by Crippen LogP contribution is -2.61. The normalized spacial score (nSPS) is 17.2. The zero-order valence-electron chi connectivity index (χ0n) is 18.4. The van der Waals surface area contributed by atoms with Gasteiger partial charge in [0.1, 0.15) is 5.75 Å². The third-order valence-corrected chi connectivity index (χ3v) is 6.38. The van der Waals surface area contributed by atoms with E-state index in [0.717, 1.165) is 11.1 Å². The smallest absolute Gasteiger partial charge is 0.258 e. The van der Waals surface area contributed by atoms with Gasteiger partial charge in [-0.15, -0.1) is 0 Å². The topological polar surface area (TPSA) is 70.7 Å². The molecule has 2 aliphatic rings. The molecule has 0 bridgehead atoms. The van der Waals surface area contributed by atoms with Gasteiger partial charge >= 0.3 is 0 Å². The van der Waals surface area contributed by atoms with Crippen LogP contribution in [0.2, 0.25) is 0 Å². The number of nitrogens with zero attached hydrogens (tertiary/aromatic N) is 1. The third-order valence-electron chi connectivity index (χ3n) is 6.38. The van der Waals surface area contributed by atoms with Gasteiger partial charge in [0.2, 0.25) is 5.91 Å². The molecular formula is C27H27N3O3. The Hall–Kier alpha value is -3.64. The number of piperidine rings is 1. The van der Waals surface area contributed by atoms with E-state index in [1.54, 1.807) is 6.07 Å². The van der Waals surface area contributed by atoms with Gasteiger partial charge in [-0.3, -0.25) is 14.5 Å². The van der Waals surface area contributed by atoms with Crippen molar-refractivity contribution < 1.29 is 14.3 Å². The molecule has 1 fully saturated rings. The second-order valence-electron chi connectivity index (χ2n) is 8.64. The maximum absolute atomic E-state index is 13.0. The number of hydrogen-bond donors (Lipinski definition) is 2. The van der Waals surface area contributed by atoms with Crippen molar-refractivity contribution in [3.8, 4) is 5.75 Å². The van der Waals surface area contributed by atoms with Gasteiger partial charge in [0.05, 0.1) is 18.2 Å². The van der Waals surface area contributed by atoms with Gasteiger partial charge in [0.15, 0.2) is 5.72 Å². The van der Waals surface area contributed by atoms with Crippen molar-refractivity contribution in [2.75, 3.05) is 19.6 Å². The minimum absolute atomic E-state index is 0.0254. The molecule has 0 aromatic heterocycles. The van der Waals surface area contributed by atoms with E-state index in [4.69, 9.17) is 4.74 Å². The Balaban J connectivity index is 1.22. The monoisotopic (exact) mass is 441 g/mol. The van der Waals surface area contributed by atoms with Crippen LogP contribution in [-0.2, 0) is 4.79 Å². The van der Waals surface area contributed by atoms with Crippen molar-refractivity contribution in [3.05, 3.63) is 102 Å². The number of amides is 2. The van der Waals surface area contributed by atoms with Crippen molar-refractivity contribution in [2.45, 2.75) is 24.6 Å². The molecule has 33 heavy (non-hydrogen) atoms. The standard InChI is InChI=1S/C27H27N3O3/c31-24(28-25(20-9-3-1-4-10-20)21-11-5-2-6-12-21)19-30-17-15-27(16-18-30)29-26(32)22-13-7-8-14-23(22)33-27/h1-14,25H,15-19H2,(H,28,31)(H,29,32). The molecule has 2 heterocycles. The Morgan fingerprint density at radius 3 is 2.12 bits per heavy atom. The first-order valence-electron chi connectivity index (χ1n) is 11.3. The van der Waals surface area contributed by atoms with Crippen LogP contribution in [0.5, 0.6) is 5.75 Å². The summed E-state index contributed by atoms with van der Waals surface area (Å²) in [5.41, 5.74) is 1.96. The van der Waals surface area contributed by atoms with Crippen LogP contribution in [-0.4, -0.2) is 42.1 Å². The minimum Gasteiger partial charge on any atom is -0.467 e. The lowest BCUT2D eigenvalue weighted by Gasteiger charge is -2.44. The molecule has 1 saturated heterocycles. The highest BCUT2D eigenvalue weighted by molar-refractivity contribution is 5.98. The zero-order chi connectivity index (χ0) is 22.7. The second kappa shape index (κ2) is 9.08. The van der Waals surface area contributed by atoms with E-state index in [1.165, 1.54) is 0 Å². The van der Waals surface area contributed by atoms with Gasteiger partial charge in [-0.05, 0) is 23.3 Å². The number of rotatable bonds is 5. The summed E-state index contributed by atoms with van der Waals surface area (Å²) < 4.78 is 6.21. The molecule has 3 aromatic rings. The summed E-state index contributed by atoms with van der Waals surface area (Å²) in [6, 6.07) is 27.1. The molecule has 0 radical (unpaired) electrons. The van der Waals surface area contributed by atoms with Crippen LogP contribution in [0.4, 0.5) is 0 Å². The predicted octanol–water partition coefficient (Wildman–Crippen LogP) is 3.51. The van der Waals surface area contributed by atoms with E-state index in [1.807, 2.05) is 78.9 Å². The van der Waals surface area contributed by atoms with Crippen molar-refractivity contribution >= 4 is 11.8 Å². The lowest BCUT2D eigenvalue weighted by molar-refractivity contribution is -0.124. The first kappa shape index (κ1) is 21.2. The lowest BCUT2D eigenvalue weighted by atomic mass is 9.96. The number of carbonyl (C=O) groups excluding carboxylic acids is 2. The summed E-state index contributed by atoms with van der Waals surface area (Å²) in [7, 11) is 0. The Bertz CT molecular complexity index is 1090. The molecule has 3 aromatic carbocycles. The van der Waals surface area contributed by atoms with Gasteiger partial charge in [-0.25, -0.2) is 0 Å². The van der Waals surface area contributed by atoms with Crippen LogP contribution in [0, 0.1) is 0 Å². The summed E-state index contributed by atoms with van der Waals surface area (Å²) in [4.78, 5) is 27.7. The molecule has 168 valence electrons. The number of ether oxygens (including phenoxy) is 1. The van der Waals surface area contributed by atoms with Crippen LogP contribution in [0.1, 0.15) is 40.4 Å². The van der Waals surface area contributed by atoms with Gasteiger partial charge in [-0.1, -0.05) is 72.8 Å². The Kier molecular flexibility index (Phi) is 5.84. The average Bonchev–Trinajstić information content (AvgIpc) is 2.85. The first-order chi connectivity index (χ1) is 16.1. The van der Waals surface area contributed by atoms with Crippen molar-refractivity contribution in [2.24, 2.45) is 0 Å². The molecule has 2 N–H and O–H groups in total. The maximum atomic E-state index is 13.0. The number of nitrogens with one attached hydrogen (secondary N) is 2. The number of benzene rings is 3. The molecule has 0 saturated carbocycles. The summed E-state index contributed by atoms with van der Waals surface area (Å²) in [6.07, 6.45) is 1.25. The summed E-state index contributed by atoms with van der Waals surface area (Å²) >= 11 is 0. The fraction of sp³-hybridized carbons (Fsp3) is 0.259. The summed E-state index contributed by atoms with van der Waals surface area (Å²) in [5.74, 6) is 0.500. The highest BCUT2D eigenvalue weighted by Crippen LogP contribution is 2.33. The van der Waals surface area contributed by atoms with E-state index in [-0.39, 0.29) is 17.9 Å². The number of carbonyl (C=O) groups is 2. The minimum atomic E-state index is -0.699. The van der Waals surface area contributed by atoms with Gasteiger partial charge in [-0.2, -0.15) is 0 Å². The van der Waals surface area contributed by atoms with Crippen molar-refractivity contribution in [1.82, 2.24) is 15.5 Å². The molecule has 1 spiro atoms. The van der Waals surface area contributed by atoms with E-state index >= 15 is 0 Å². The second-order valence-corrected chi connectivity index (χ2v) is 8.64. The van der Waals surface area contributed by atoms with Crippen LogP contribution >= 0.6 is 0 Å². The zero-order valence-corrected chi connectivity index (χ0v) is 18.4. The highest BCUT2D eigenvalue weighted by Gasteiger charge is 2.42. The Morgan fingerprint density at radius 2 is 1.48 bits per heavy atom. The van der Waals surface area contributed by atoms with Crippen LogP contribution in [0.15, 0.2) is 84.9 Å². The molecular weight excluding hydrogens is 414 g/mol. The summed E-state index contributed by atoms with van der Waals surface area (Å²) in [6.45, 7) is 1.63. The number of likely N-dealkylation sites (tertiary alicyclic amines) is 1. The van der Waals surface area contributed by atoms with Gasteiger partial charge in [0, 0.05) is 25.9 Å². The molecule has 5 rings (SSSR count). The largest absolute Gasteiger partial charge is 0.467 e. The molecule has 0 atom stereocenters. The van der Waals surface area contributed by atoms with E-state index in [2.05, 4.69) is 15.5 Å². The molecule has 0 unspecified atom stereocenters.